The number of rotatable bonds is 5. The Balaban J connectivity index is 1.82. The molecule has 0 unspecified atom stereocenters. The van der Waals surface area contributed by atoms with Crippen molar-refractivity contribution in [1.29, 1.82) is 0 Å². The number of pyridine rings is 1. The maximum Gasteiger partial charge on any atom is 0.257 e. The third-order valence-corrected chi connectivity index (χ3v) is 4.01. The minimum absolute atomic E-state index is 0.0598. The molecule has 0 atom stereocenters. The summed E-state index contributed by atoms with van der Waals surface area (Å²) < 4.78 is 7.10. The largest absolute Gasteiger partial charge is 0.474 e. The predicted octanol–water partition coefficient (Wildman–Crippen LogP) is 3.37. The molecule has 0 spiro atoms. The van der Waals surface area contributed by atoms with Gasteiger partial charge in [0, 0.05) is 11.9 Å². The molecule has 3 rings (SSSR count). The van der Waals surface area contributed by atoms with Gasteiger partial charge in [-0.05, 0) is 61.9 Å². The lowest BCUT2D eigenvalue weighted by Gasteiger charge is -2.12. The van der Waals surface area contributed by atoms with Crippen LogP contribution < -0.4 is 10.1 Å². The first kappa shape index (κ1) is 18.8. The van der Waals surface area contributed by atoms with Crippen molar-refractivity contribution in [2.24, 2.45) is 0 Å². The van der Waals surface area contributed by atoms with Crippen molar-refractivity contribution < 1.29 is 9.53 Å². The van der Waals surface area contributed by atoms with Crippen LogP contribution in [0, 0.1) is 13.8 Å². The van der Waals surface area contributed by atoms with Crippen molar-refractivity contribution in [3.8, 4) is 11.6 Å². The number of aryl methyl sites for hydroxylation is 2. The number of nitrogens with zero attached hydrogens (tertiary/aromatic N) is 5. The van der Waals surface area contributed by atoms with E-state index in [1.165, 1.54) is 12.3 Å². The number of hydrogen-bond acceptors (Lipinski definition) is 6. The third-order valence-electron chi connectivity index (χ3n) is 3.74. The molecule has 0 fully saturated rings. The fourth-order valence-electron chi connectivity index (χ4n) is 2.43. The summed E-state index contributed by atoms with van der Waals surface area (Å²) in [5, 5.41) is 14.6. The molecular formula is C18H19ClN6O2. The van der Waals surface area contributed by atoms with Crippen molar-refractivity contribution >= 4 is 23.2 Å². The highest BCUT2D eigenvalue weighted by Gasteiger charge is 2.14. The monoisotopic (exact) mass is 386 g/mol. The van der Waals surface area contributed by atoms with Gasteiger partial charge in [0.15, 0.2) is 5.82 Å². The molecular weight excluding hydrogens is 368 g/mol. The fourth-order valence-corrected chi connectivity index (χ4v) is 2.64. The summed E-state index contributed by atoms with van der Waals surface area (Å²) in [7, 11) is 0. The molecule has 8 nitrogen and oxygen atoms in total. The van der Waals surface area contributed by atoms with Gasteiger partial charge in [-0.2, -0.15) is 4.68 Å². The average molecular weight is 387 g/mol. The Hall–Kier alpha value is -3.00. The first-order valence-corrected chi connectivity index (χ1v) is 8.72. The second-order valence-electron chi connectivity index (χ2n) is 6.27. The molecule has 0 aliphatic carbocycles. The Bertz CT molecular complexity index is 986. The molecule has 0 saturated heterocycles. The number of aromatic nitrogens is 5. The molecule has 3 aromatic rings. The van der Waals surface area contributed by atoms with E-state index in [0.29, 0.717) is 23.0 Å². The molecule has 140 valence electrons. The van der Waals surface area contributed by atoms with Crippen molar-refractivity contribution in [2.75, 3.05) is 5.32 Å². The van der Waals surface area contributed by atoms with Gasteiger partial charge in [-0.15, -0.1) is 5.10 Å². The lowest BCUT2D eigenvalue weighted by molar-refractivity contribution is 0.102. The molecule has 0 saturated carbocycles. The van der Waals surface area contributed by atoms with E-state index in [1.54, 1.807) is 11.6 Å². The molecule has 0 aliphatic heterocycles. The summed E-state index contributed by atoms with van der Waals surface area (Å²) in [5.74, 6) is 0.622. The van der Waals surface area contributed by atoms with E-state index in [1.807, 2.05) is 39.0 Å². The van der Waals surface area contributed by atoms with Gasteiger partial charge in [0.2, 0.25) is 5.88 Å². The molecule has 1 amide bonds. The fraction of sp³-hybridized carbons (Fsp3) is 0.278. The van der Waals surface area contributed by atoms with Crippen molar-refractivity contribution in [3.63, 3.8) is 0 Å². The normalized spacial score (nSPS) is 10.9. The number of benzene rings is 1. The SMILES string of the molecule is Cc1ccc(NC(=O)c2cnc(OC(C)C)c(Cl)c2)cc1-n1nnnc1C. The Morgan fingerprint density at radius 2 is 2.04 bits per heavy atom. The van der Waals surface area contributed by atoms with Gasteiger partial charge in [-0.1, -0.05) is 17.7 Å². The first-order chi connectivity index (χ1) is 12.8. The van der Waals surface area contributed by atoms with Crippen LogP contribution in [-0.2, 0) is 0 Å². The predicted molar refractivity (Wildman–Crippen MR) is 102 cm³/mol. The molecule has 9 heteroatoms. The van der Waals surface area contributed by atoms with E-state index < -0.39 is 0 Å². The molecule has 2 heterocycles. The van der Waals surface area contributed by atoms with Crippen LogP contribution in [0.15, 0.2) is 30.5 Å². The standard InChI is InChI=1S/C18H19ClN6O2/c1-10(2)27-18-15(19)7-13(9-20-18)17(26)21-14-6-5-11(3)16(8-14)25-12(4)22-23-24-25/h5-10H,1-4H3,(H,21,26). The highest BCUT2D eigenvalue weighted by Crippen LogP contribution is 2.24. The van der Waals surface area contributed by atoms with Gasteiger partial charge in [0.25, 0.3) is 5.91 Å². The van der Waals surface area contributed by atoms with E-state index in [-0.39, 0.29) is 17.0 Å². The summed E-state index contributed by atoms with van der Waals surface area (Å²) in [4.78, 5) is 16.7. The zero-order chi connectivity index (χ0) is 19.6. The maximum atomic E-state index is 12.6. The van der Waals surface area contributed by atoms with Gasteiger partial charge in [0.05, 0.1) is 17.4 Å². The second-order valence-corrected chi connectivity index (χ2v) is 6.68. The lowest BCUT2D eigenvalue weighted by atomic mass is 10.1. The van der Waals surface area contributed by atoms with Gasteiger partial charge in [-0.25, -0.2) is 4.98 Å². The van der Waals surface area contributed by atoms with Crippen LogP contribution in [0.1, 0.15) is 35.6 Å². The lowest BCUT2D eigenvalue weighted by Crippen LogP contribution is -2.14. The number of halogens is 1. The van der Waals surface area contributed by atoms with Crippen LogP contribution >= 0.6 is 11.6 Å². The summed E-state index contributed by atoms with van der Waals surface area (Å²) in [6.45, 7) is 7.50. The highest BCUT2D eigenvalue weighted by molar-refractivity contribution is 6.32. The van der Waals surface area contributed by atoms with E-state index in [0.717, 1.165) is 11.3 Å². The number of carbonyl (C=O) groups excluding carboxylic acids is 1. The number of amides is 1. The summed E-state index contributed by atoms with van der Waals surface area (Å²) in [6, 6.07) is 7.03. The van der Waals surface area contributed by atoms with E-state index in [9.17, 15) is 4.79 Å². The number of ether oxygens (including phenoxy) is 1. The molecule has 0 bridgehead atoms. The summed E-state index contributed by atoms with van der Waals surface area (Å²) in [5.41, 5.74) is 2.70. The molecule has 0 radical (unpaired) electrons. The average Bonchev–Trinajstić information content (AvgIpc) is 3.03. The van der Waals surface area contributed by atoms with E-state index >= 15 is 0 Å². The first-order valence-electron chi connectivity index (χ1n) is 8.34. The minimum atomic E-state index is -0.330. The van der Waals surface area contributed by atoms with Crippen molar-refractivity contribution in [2.45, 2.75) is 33.8 Å². The summed E-state index contributed by atoms with van der Waals surface area (Å²) >= 11 is 6.16. The van der Waals surface area contributed by atoms with Crippen LogP contribution in [-0.4, -0.2) is 37.2 Å². The van der Waals surface area contributed by atoms with Crippen molar-refractivity contribution in [3.05, 3.63) is 52.4 Å². The van der Waals surface area contributed by atoms with Crippen LogP contribution in [0.4, 0.5) is 5.69 Å². The molecule has 2 aromatic heterocycles. The molecule has 27 heavy (non-hydrogen) atoms. The smallest absolute Gasteiger partial charge is 0.257 e. The number of tetrazole rings is 1. The van der Waals surface area contributed by atoms with Crippen LogP contribution in [0.5, 0.6) is 5.88 Å². The zero-order valence-electron chi connectivity index (χ0n) is 15.4. The number of anilines is 1. The zero-order valence-corrected chi connectivity index (χ0v) is 16.2. The number of carbonyl (C=O) groups is 1. The Kier molecular flexibility index (Phi) is 5.36. The van der Waals surface area contributed by atoms with Gasteiger partial charge in [0.1, 0.15) is 5.02 Å². The molecule has 1 N–H and O–H groups in total. The van der Waals surface area contributed by atoms with Gasteiger partial charge < -0.3 is 10.1 Å². The van der Waals surface area contributed by atoms with Crippen molar-refractivity contribution in [1.82, 2.24) is 25.2 Å². The molecule has 0 aliphatic rings. The van der Waals surface area contributed by atoms with Gasteiger partial charge >= 0.3 is 0 Å². The van der Waals surface area contributed by atoms with Crippen LogP contribution in [0.3, 0.4) is 0 Å². The third kappa shape index (κ3) is 4.22. The highest BCUT2D eigenvalue weighted by atomic mass is 35.5. The van der Waals surface area contributed by atoms with E-state index in [4.69, 9.17) is 16.3 Å². The summed E-state index contributed by atoms with van der Waals surface area (Å²) in [6.07, 6.45) is 1.37. The Morgan fingerprint density at radius 1 is 1.26 bits per heavy atom. The number of hydrogen-bond donors (Lipinski definition) is 1. The quantitative estimate of drug-likeness (QED) is 0.722. The Labute approximate surface area is 161 Å². The number of nitrogens with one attached hydrogen (secondary N) is 1. The van der Waals surface area contributed by atoms with Crippen LogP contribution in [0.25, 0.3) is 5.69 Å². The maximum absolute atomic E-state index is 12.6. The van der Waals surface area contributed by atoms with E-state index in [2.05, 4.69) is 25.8 Å². The second kappa shape index (κ2) is 7.71. The topological polar surface area (TPSA) is 94.8 Å². The Morgan fingerprint density at radius 3 is 2.67 bits per heavy atom. The van der Waals surface area contributed by atoms with Gasteiger partial charge in [-0.3, -0.25) is 4.79 Å². The molecule has 1 aromatic carbocycles. The van der Waals surface area contributed by atoms with Crippen LogP contribution in [0.2, 0.25) is 5.02 Å². The minimum Gasteiger partial charge on any atom is -0.474 e.